The van der Waals surface area contributed by atoms with E-state index in [0.29, 0.717) is 5.56 Å². The number of hydrogen-bond donors (Lipinski definition) is 1. The van der Waals surface area contributed by atoms with Crippen molar-refractivity contribution in [2.24, 2.45) is 0 Å². The summed E-state index contributed by atoms with van der Waals surface area (Å²) >= 11 is 0. The van der Waals surface area contributed by atoms with Crippen LogP contribution in [0.15, 0.2) is 108 Å². The average Bonchev–Trinajstić information content (AvgIpc) is 3.63. The number of hydrogen-bond acceptors (Lipinski definition) is 10. The summed E-state index contributed by atoms with van der Waals surface area (Å²) < 4.78 is 25.1. The van der Waals surface area contributed by atoms with E-state index < -0.39 is 48.0 Å². The van der Waals surface area contributed by atoms with Crippen LogP contribution in [0.25, 0.3) is 11.2 Å². The molecule has 216 valence electrons. The molecule has 4 atom stereocenters. The van der Waals surface area contributed by atoms with Gasteiger partial charge in [0, 0.05) is 0 Å². The van der Waals surface area contributed by atoms with Crippen LogP contribution in [-0.4, -0.2) is 62.3 Å². The molecule has 1 aliphatic heterocycles. The highest BCUT2D eigenvalue weighted by Gasteiger charge is 2.51. The highest BCUT2D eigenvalue weighted by atomic mass is 16.7. The predicted octanol–water partition coefficient (Wildman–Crippen LogP) is 3.33. The van der Waals surface area contributed by atoms with E-state index in [1.807, 2.05) is 0 Å². The van der Waals surface area contributed by atoms with Gasteiger partial charge >= 0.3 is 17.9 Å². The molecule has 0 aliphatic carbocycles. The number of aromatic nitrogens is 4. The molecule has 0 amide bonds. The summed E-state index contributed by atoms with van der Waals surface area (Å²) in [6.07, 6.45) is -2.24. The van der Waals surface area contributed by atoms with E-state index in [1.165, 1.54) is 17.2 Å². The van der Waals surface area contributed by atoms with Crippen molar-refractivity contribution in [2.45, 2.75) is 24.5 Å². The molecular formula is C31H24N4O8. The maximum atomic E-state index is 13.3. The quantitative estimate of drug-likeness (QED) is 0.214. The van der Waals surface area contributed by atoms with E-state index in [0.717, 1.165) is 0 Å². The SMILES string of the molecule is O=C(OC[C@@H]1O[C@@H](n2cnc3c(=O)[nH]cnc32)[C@H](OC(=O)c2ccccc2)[C@H]1OC(=O)c1ccccc1)c1ccccc1. The lowest BCUT2D eigenvalue weighted by Gasteiger charge is -2.25. The Morgan fingerprint density at radius 2 is 1.28 bits per heavy atom. The Labute approximate surface area is 243 Å². The molecule has 0 unspecified atom stereocenters. The third kappa shape index (κ3) is 5.76. The van der Waals surface area contributed by atoms with Crippen LogP contribution in [-0.2, 0) is 18.9 Å². The van der Waals surface area contributed by atoms with Crippen molar-refractivity contribution >= 4 is 29.1 Å². The Hall–Kier alpha value is -5.62. The number of nitrogens with one attached hydrogen (secondary N) is 1. The van der Waals surface area contributed by atoms with Crippen LogP contribution < -0.4 is 5.56 Å². The zero-order valence-corrected chi connectivity index (χ0v) is 22.4. The molecule has 0 spiro atoms. The second kappa shape index (κ2) is 12.1. The number of nitrogens with zero attached hydrogens (tertiary/aromatic N) is 3. The Balaban J connectivity index is 1.37. The lowest BCUT2D eigenvalue weighted by molar-refractivity contribution is -0.0606. The minimum Gasteiger partial charge on any atom is -0.459 e. The van der Waals surface area contributed by atoms with Crippen LogP contribution in [0.2, 0.25) is 0 Å². The van der Waals surface area contributed by atoms with E-state index in [9.17, 15) is 19.2 Å². The van der Waals surface area contributed by atoms with Gasteiger partial charge in [-0.15, -0.1) is 0 Å². The van der Waals surface area contributed by atoms with E-state index >= 15 is 0 Å². The maximum Gasteiger partial charge on any atom is 0.338 e. The monoisotopic (exact) mass is 580 g/mol. The summed E-state index contributed by atoms with van der Waals surface area (Å²) in [4.78, 5) is 62.5. The molecule has 0 bridgehead atoms. The molecule has 5 aromatic rings. The van der Waals surface area contributed by atoms with Crippen LogP contribution in [0.1, 0.15) is 37.3 Å². The third-order valence-electron chi connectivity index (χ3n) is 6.82. The molecule has 2 aromatic heterocycles. The molecule has 0 radical (unpaired) electrons. The molecule has 1 saturated heterocycles. The second-order valence-corrected chi connectivity index (χ2v) is 9.56. The number of H-pyrrole nitrogens is 1. The number of imidazole rings is 1. The Morgan fingerprint density at radius 3 is 1.86 bits per heavy atom. The van der Waals surface area contributed by atoms with Gasteiger partial charge in [0.25, 0.3) is 5.56 Å². The van der Waals surface area contributed by atoms with Crippen molar-refractivity contribution in [1.29, 1.82) is 0 Å². The van der Waals surface area contributed by atoms with Gasteiger partial charge in [-0.3, -0.25) is 9.36 Å². The fourth-order valence-corrected chi connectivity index (χ4v) is 4.73. The third-order valence-corrected chi connectivity index (χ3v) is 6.82. The summed E-state index contributed by atoms with van der Waals surface area (Å²) in [5.41, 5.74) is 0.491. The standard InChI is InChI=1S/C31H24N4O8/c36-27-23-26(32-17-33-27)35(18-34-23)28-25(43-31(39)21-14-8-3-9-15-21)24(42-30(38)20-12-6-2-7-13-20)22(41-28)16-40-29(37)19-10-4-1-5-11-19/h1-15,17-18,22,24-25,28H,16H2,(H,32,33,36)/t22-,24-,25+,28+/m0/s1. The maximum absolute atomic E-state index is 13.3. The van der Waals surface area contributed by atoms with Crippen LogP contribution >= 0.6 is 0 Å². The van der Waals surface area contributed by atoms with Crippen molar-refractivity contribution in [3.63, 3.8) is 0 Å². The average molecular weight is 581 g/mol. The highest BCUT2D eigenvalue weighted by molar-refractivity contribution is 5.91. The summed E-state index contributed by atoms with van der Waals surface area (Å²) in [6, 6.07) is 24.9. The number of carbonyl (C=O) groups excluding carboxylic acids is 3. The second-order valence-electron chi connectivity index (χ2n) is 9.56. The first-order valence-corrected chi connectivity index (χ1v) is 13.3. The van der Waals surface area contributed by atoms with Gasteiger partial charge < -0.3 is 23.9 Å². The molecule has 6 rings (SSSR count). The summed E-state index contributed by atoms with van der Waals surface area (Å²) in [5, 5.41) is 0. The number of carbonyl (C=O) groups is 3. The number of rotatable bonds is 8. The fourth-order valence-electron chi connectivity index (χ4n) is 4.73. The van der Waals surface area contributed by atoms with Gasteiger partial charge in [-0.05, 0) is 36.4 Å². The molecule has 0 saturated carbocycles. The van der Waals surface area contributed by atoms with E-state index in [2.05, 4.69) is 15.0 Å². The van der Waals surface area contributed by atoms with Crippen molar-refractivity contribution < 1.29 is 33.3 Å². The first kappa shape index (κ1) is 27.5. The minimum atomic E-state index is -1.26. The van der Waals surface area contributed by atoms with Crippen molar-refractivity contribution in [1.82, 2.24) is 19.5 Å². The molecule has 12 nitrogen and oxygen atoms in total. The molecule has 1 N–H and O–H groups in total. The van der Waals surface area contributed by atoms with Crippen LogP contribution in [0, 0.1) is 0 Å². The zero-order valence-electron chi connectivity index (χ0n) is 22.4. The van der Waals surface area contributed by atoms with Gasteiger partial charge in [0.15, 0.2) is 29.6 Å². The first-order valence-electron chi connectivity index (χ1n) is 13.3. The number of aromatic amines is 1. The highest BCUT2D eigenvalue weighted by Crippen LogP contribution is 2.36. The number of esters is 3. The fraction of sp³-hybridized carbons (Fsp3) is 0.161. The minimum absolute atomic E-state index is 0.0241. The van der Waals surface area contributed by atoms with E-state index in [1.54, 1.807) is 91.0 Å². The first-order chi connectivity index (χ1) is 21.0. The molecule has 1 fully saturated rings. The van der Waals surface area contributed by atoms with Gasteiger partial charge in [-0.2, -0.15) is 0 Å². The lowest BCUT2D eigenvalue weighted by Crippen LogP contribution is -2.41. The van der Waals surface area contributed by atoms with Crippen LogP contribution in [0.4, 0.5) is 0 Å². The number of benzene rings is 3. The van der Waals surface area contributed by atoms with E-state index in [-0.39, 0.29) is 28.9 Å². The summed E-state index contributed by atoms with van der Waals surface area (Å²) in [6.45, 7) is -0.350. The van der Waals surface area contributed by atoms with Gasteiger partial charge in [0.05, 0.1) is 29.3 Å². The molecular weight excluding hydrogens is 556 g/mol. The largest absolute Gasteiger partial charge is 0.459 e. The molecule has 12 heteroatoms. The van der Waals surface area contributed by atoms with Crippen molar-refractivity contribution in [3.8, 4) is 0 Å². The molecule has 43 heavy (non-hydrogen) atoms. The molecule has 3 aromatic carbocycles. The molecule has 3 heterocycles. The van der Waals surface area contributed by atoms with Gasteiger partial charge in [-0.25, -0.2) is 24.4 Å². The Kier molecular flexibility index (Phi) is 7.74. The number of ether oxygens (including phenoxy) is 4. The van der Waals surface area contributed by atoms with Crippen molar-refractivity contribution in [2.75, 3.05) is 6.61 Å². The van der Waals surface area contributed by atoms with E-state index in [4.69, 9.17) is 18.9 Å². The van der Waals surface area contributed by atoms with Crippen molar-refractivity contribution in [3.05, 3.63) is 131 Å². The topological polar surface area (TPSA) is 152 Å². The Morgan fingerprint density at radius 1 is 0.744 bits per heavy atom. The smallest absolute Gasteiger partial charge is 0.338 e. The zero-order chi connectivity index (χ0) is 29.8. The predicted molar refractivity (Wildman–Crippen MR) is 150 cm³/mol. The van der Waals surface area contributed by atoms with Crippen LogP contribution in [0.5, 0.6) is 0 Å². The molecule has 1 aliphatic rings. The summed E-state index contributed by atoms with van der Waals surface area (Å²) in [7, 11) is 0. The van der Waals surface area contributed by atoms with Gasteiger partial charge in [0.1, 0.15) is 12.7 Å². The summed E-state index contributed by atoms with van der Waals surface area (Å²) in [5.74, 6) is -2.04. The van der Waals surface area contributed by atoms with Gasteiger partial charge in [-0.1, -0.05) is 54.6 Å². The lowest BCUT2D eigenvalue weighted by atomic mass is 10.1. The Bertz CT molecular complexity index is 1810. The number of fused-ring (bicyclic) bond motifs is 1. The normalized spacial score (nSPS) is 19.5. The van der Waals surface area contributed by atoms with Gasteiger partial charge in [0.2, 0.25) is 0 Å². The van der Waals surface area contributed by atoms with Crippen LogP contribution in [0.3, 0.4) is 0 Å².